The number of benzene rings is 1. The summed E-state index contributed by atoms with van der Waals surface area (Å²) in [7, 11) is 4.20. The number of nitrogens with zero attached hydrogens (tertiary/aromatic N) is 2. The van der Waals surface area contributed by atoms with Crippen molar-refractivity contribution in [2.24, 2.45) is 5.92 Å². The fourth-order valence-electron chi connectivity index (χ4n) is 3.40. The second-order valence-corrected chi connectivity index (χ2v) is 6.92. The number of hydrogen-bond acceptors (Lipinski definition) is 2. The number of hydrogen-bond donors (Lipinski definition) is 0. The molecule has 0 radical (unpaired) electrons. The van der Waals surface area contributed by atoms with Crippen LogP contribution in [0.2, 0.25) is 5.02 Å². The highest BCUT2D eigenvalue weighted by atomic mass is 35.5. The highest BCUT2D eigenvalue weighted by Crippen LogP contribution is 2.50. The number of halogens is 1. The molecule has 1 saturated heterocycles. The monoisotopic (exact) mass is 306 g/mol. The van der Waals surface area contributed by atoms with E-state index >= 15 is 0 Å². The average molecular weight is 307 g/mol. The Labute approximate surface area is 131 Å². The SMILES string of the molecule is CN(C)[C@@H]1CCCN(C(=O)[C@@H]2C[C@@H]2c2ccccc2Cl)C1. The standard InChI is InChI=1S/C17H23ClN2O/c1-19(2)12-6-5-9-20(11-12)17(21)15-10-14(15)13-7-3-4-8-16(13)18/h3-4,7-8,12,14-15H,5-6,9-11H2,1-2H3/t12-,14-,15-/m1/s1. The molecule has 1 amide bonds. The van der Waals surface area contributed by atoms with Gasteiger partial charge in [-0.15, -0.1) is 0 Å². The quantitative estimate of drug-likeness (QED) is 0.857. The van der Waals surface area contributed by atoms with Gasteiger partial charge >= 0.3 is 0 Å². The molecule has 1 heterocycles. The molecule has 2 aliphatic rings. The van der Waals surface area contributed by atoms with Gasteiger partial charge in [0.15, 0.2) is 0 Å². The molecule has 0 spiro atoms. The largest absolute Gasteiger partial charge is 0.341 e. The molecule has 1 aromatic rings. The highest BCUT2D eigenvalue weighted by molar-refractivity contribution is 6.31. The van der Waals surface area contributed by atoms with Gasteiger partial charge in [-0.1, -0.05) is 29.8 Å². The van der Waals surface area contributed by atoms with Crippen LogP contribution in [-0.4, -0.2) is 48.9 Å². The van der Waals surface area contributed by atoms with Crippen LogP contribution in [0.3, 0.4) is 0 Å². The molecule has 1 aromatic carbocycles. The van der Waals surface area contributed by atoms with Crippen LogP contribution in [0.1, 0.15) is 30.7 Å². The van der Waals surface area contributed by atoms with Crippen molar-refractivity contribution in [2.45, 2.75) is 31.2 Å². The van der Waals surface area contributed by atoms with Crippen molar-refractivity contribution in [2.75, 3.05) is 27.2 Å². The summed E-state index contributed by atoms with van der Waals surface area (Å²) in [4.78, 5) is 17.0. The van der Waals surface area contributed by atoms with Crippen LogP contribution >= 0.6 is 11.6 Å². The second-order valence-electron chi connectivity index (χ2n) is 6.51. The molecule has 1 saturated carbocycles. The molecule has 0 N–H and O–H groups in total. The van der Waals surface area contributed by atoms with E-state index in [1.807, 2.05) is 18.2 Å². The second kappa shape index (κ2) is 5.98. The Balaban J connectivity index is 1.64. The Kier molecular flexibility index (Phi) is 4.23. The number of carbonyl (C=O) groups excluding carboxylic acids is 1. The number of piperidine rings is 1. The van der Waals surface area contributed by atoms with E-state index in [9.17, 15) is 4.79 Å². The summed E-state index contributed by atoms with van der Waals surface area (Å²) < 4.78 is 0. The molecule has 4 heteroatoms. The van der Waals surface area contributed by atoms with Crippen molar-refractivity contribution in [3.8, 4) is 0 Å². The Hall–Kier alpha value is -1.06. The summed E-state index contributed by atoms with van der Waals surface area (Å²) in [6.45, 7) is 1.78. The van der Waals surface area contributed by atoms with E-state index in [1.165, 1.54) is 6.42 Å². The van der Waals surface area contributed by atoms with Crippen LogP contribution < -0.4 is 0 Å². The molecule has 0 bridgehead atoms. The third kappa shape index (κ3) is 3.09. The first-order valence-corrected chi connectivity index (χ1v) is 8.15. The van der Waals surface area contributed by atoms with E-state index in [0.29, 0.717) is 17.9 Å². The fraction of sp³-hybridized carbons (Fsp3) is 0.588. The van der Waals surface area contributed by atoms with Crippen LogP contribution in [0.5, 0.6) is 0 Å². The van der Waals surface area contributed by atoms with Crippen molar-refractivity contribution < 1.29 is 4.79 Å². The lowest BCUT2D eigenvalue weighted by atomic mass is 10.0. The zero-order valence-electron chi connectivity index (χ0n) is 12.8. The van der Waals surface area contributed by atoms with E-state index in [2.05, 4.69) is 30.0 Å². The minimum atomic E-state index is 0.144. The lowest BCUT2D eigenvalue weighted by molar-refractivity contribution is -0.134. The Morgan fingerprint density at radius 3 is 2.81 bits per heavy atom. The lowest BCUT2D eigenvalue weighted by Gasteiger charge is -2.36. The Morgan fingerprint density at radius 2 is 2.10 bits per heavy atom. The summed E-state index contributed by atoms with van der Waals surface area (Å²) >= 11 is 6.25. The van der Waals surface area contributed by atoms with Gasteiger partial charge in [0.1, 0.15) is 0 Å². The smallest absolute Gasteiger partial charge is 0.226 e. The number of carbonyl (C=O) groups is 1. The minimum absolute atomic E-state index is 0.144. The van der Waals surface area contributed by atoms with Crippen LogP contribution in [0.25, 0.3) is 0 Å². The van der Waals surface area contributed by atoms with Crippen LogP contribution in [0.15, 0.2) is 24.3 Å². The number of likely N-dealkylation sites (N-methyl/N-ethyl adjacent to an activating group) is 1. The van der Waals surface area contributed by atoms with Gasteiger partial charge in [0.25, 0.3) is 0 Å². The summed E-state index contributed by atoms with van der Waals surface area (Å²) in [5.41, 5.74) is 1.14. The van der Waals surface area contributed by atoms with Crippen LogP contribution in [0.4, 0.5) is 0 Å². The van der Waals surface area contributed by atoms with E-state index in [-0.39, 0.29) is 5.92 Å². The molecule has 3 rings (SSSR count). The molecule has 21 heavy (non-hydrogen) atoms. The first-order chi connectivity index (χ1) is 10.1. The van der Waals surface area contributed by atoms with Gasteiger partial charge in [0.05, 0.1) is 0 Å². The van der Waals surface area contributed by atoms with Gasteiger partial charge in [-0.05, 0) is 50.9 Å². The molecule has 1 aliphatic heterocycles. The molecule has 0 unspecified atom stereocenters. The molecular formula is C17H23ClN2O. The van der Waals surface area contributed by atoms with E-state index in [1.54, 1.807) is 0 Å². The molecule has 2 fully saturated rings. The van der Waals surface area contributed by atoms with Gasteiger partial charge in [-0.25, -0.2) is 0 Å². The Morgan fingerprint density at radius 1 is 1.33 bits per heavy atom. The molecule has 3 nitrogen and oxygen atoms in total. The summed E-state index contributed by atoms with van der Waals surface area (Å²) in [5.74, 6) is 0.795. The molecule has 114 valence electrons. The summed E-state index contributed by atoms with van der Waals surface area (Å²) in [6, 6.07) is 8.42. The fourth-order valence-corrected chi connectivity index (χ4v) is 3.67. The molecule has 3 atom stereocenters. The van der Waals surface area contributed by atoms with Crippen molar-refractivity contribution in [3.63, 3.8) is 0 Å². The number of rotatable bonds is 3. The zero-order valence-corrected chi connectivity index (χ0v) is 13.5. The predicted molar refractivity (Wildman–Crippen MR) is 85.6 cm³/mol. The van der Waals surface area contributed by atoms with Crippen molar-refractivity contribution in [1.82, 2.24) is 9.80 Å². The maximum Gasteiger partial charge on any atom is 0.226 e. The first-order valence-electron chi connectivity index (χ1n) is 7.77. The third-order valence-electron chi connectivity index (χ3n) is 4.85. The summed E-state index contributed by atoms with van der Waals surface area (Å²) in [5, 5.41) is 0.794. The minimum Gasteiger partial charge on any atom is -0.341 e. The van der Waals surface area contributed by atoms with E-state index in [0.717, 1.165) is 36.5 Å². The molecular weight excluding hydrogens is 284 g/mol. The van der Waals surface area contributed by atoms with Crippen molar-refractivity contribution >= 4 is 17.5 Å². The van der Waals surface area contributed by atoms with Gasteiger partial charge in [0.2, 0.25) is 5.91 Å². The first kappa shape index (κ1) is 14.9. The summed E-state index contributed by atoms with van der Waals surface area (Å²) in [6.07, 6.45) is 3.25. The van der Waals surface area contributed by atoms with Gasteiger partial charge in [0, 0.05) is 30.1 Å². The average Bonchev–Trinajstić information content (AvgIpc) is 3.27. The zero-order chi connectivity index (χ0) is 15.0. The molecule has 1 aliphatic carbocycles. The maximum absolute atomic E-state index is 12.7. The van der Waals surface area contributed by atoms with Gasteiger partial charge < -0.3 is 9.80 Å². The van der Waals surface area contributed by atoms with Crippen LogP contribution in [-0.2, 0) is 4.79 Å². The third-order valence-corrected chi connectivity index (χ3v) is 5.20. The maximum atomic E-state index is 12.7. The van der Waals surface area contributed by atoms with Gasteiger partial charge in [-0.3, -0.25) is 4.79 Å². The highest BCUT2D eigenvalue weighted by Gasteiger charge is 2.47. The topological polar surface area (TPSA) is 23.6 Å². The van der Waals surface area contributed by atoms with Crippen molar-refractivity contribution in [1.29, 1.82) is 0 Å². The number of amides is 1. The van der Waals surface area contributed by atoms with Crippen molar-refractivity contribution in [3.05, 3.63) is 34.9 Å². The van der Waals surface area contributed by atoms with Gasteiger partial charge in [-0.2, -0.15) is 0 Å². The number of likely N-dealkylation sites (tertiary alicyclic amines) is 1. The molecule has 0 aromatic heterocycles. The predicted octanol–water partition coefficient (Wildman–Crippen LogP) is 3.00. The van der Waals surface area contributed by atoms with E-state index < -0.39 is 0 Å². The Bertz CT molecular complexity index is 531. The lowest BCUT2D eigenvalue weighted by Crippen LogP contribution is -2.48. The van der Waals surface area contributed by atoms with Crippen LogP contribution in [0, 0.1) is 5.92 Å². The normalized spacial score (nSPS) is 28.8. The van der Waals surface area contributed by atoms with E-state index in [4.69, 9.17) is 11.6 Å².